The fourth-order valence-corrected chi connectivity index (χ4v) is 0.855. The Bertz CT molecular complexity index is 425. The minimum absolute atomic E-state index is 0.412. The summed E-state index contributed by atoms with van der Waals surface area (Å²) in [7, 11) is 0. The van der Waals surface area contributed by atoms with Gasteiger partial charge >= 0.3 is 6.03 Å². The maximum Gasteiger partial charge on any atom is 0.347 e. The number of urea groups is 1. The van der Waals surface area contributed by atoms with Crippen LogP contribution in [0.3, 0.4) is 0 Å². The molecule has 1 aliphatic rings. The molecular weight excluding hydrogens is 144 g/mol. The van der Waals surface area contributed by atoms with Crippen molar-refractivity contribution >= 4 is 18.4 Å². The summed E-state index contributed by atoms with van der Waals surface area (Å²) < 4.78 is 0. The molecule has 5 nitrogen and oxygen atoms in total. The Morgan fingerprint density at radius 3 is 3.00 bits per heavy atom. The molecule has 0 radical (unpaired) electrons. The SMILES string of the molecule is C=c1ncnc2c1=NC(=O)N2. The van der Waals surface area contributed by atoms with Crippen LogP contribution in [0.15, 0.2) is 11.3 Å². The van der Waals surface area contributed by atoms with Gasteiger partial charge in [-0.3, -0.25) is 5.32 Å². The minimum Gasteiger partial charge on any atom is -0.288 e. The second-order valence-corrected chi connectivity index (χ2v) is 2.06. The monoisotopic (exact) mass is 148 g/mol. The second kappa shape index (κ2) is 1.85. The highest BCUT2D eigenvalue weighted by molar-refractivity contribution is 5.92. The molecule has 0 spiro atoms. The van der Waals surface area contributed by atoms with E-state index in [2.05, 4.69) is 26.9 Å². The highest BCUT2D eigenvalue weighted by Gasteiger charge is 2.11. The van der Waals surface area contributed by atoms with Crippen molar-refractivity contribution in [1.82, 2.24) is 9.97 Å². The lowest BCUT2D eigenvalue weighted by atomic mass is 10.5. The van der Waals surface area contributed by atoms with E-state index in [1.54, 1.807) is 0 Å². The van der Waals surface area contributed by atoms with Gasteiger partial charge in [-0.1, -0.05) is 6.58 Å². The minimum atomic E-state index is -0.412. The molecular formula is C6H4N4O. The highest BCUT2D eigenvalue weighted by atomic mass is 16.2. The third-order valence-corrected chi connectivity index (χ3v) is 1.34. The molecule has 0 saturated heterocycles. The number of amides is 2. The lowest BCUT2D eigenvalue weighted by Crippen LogP contribution is -2.26. The first-order valence-electron chi connectivity index (χ1n) is 2.97. The van der Waals surface area contributed by atoms with Gasteiger partial charge in [-0.25, -0.2) is 14.8 Å². The van der Waals surface area contributed by atoms with E-state index in [1.807, 2.05) is 0 Å². The Morgan fingerprint density at radius 1 is 1.45 bits per heavy atom. The van der Waals surface area contributed by atoms with Crippen molar-refractivity contribution in [3.05, 3.63) is 17.0 Å². The number of hydrogen-bond acceptors (Lipinski definition) is 3. The average Bonchev–Trinajstić information content (AvgIpc) is 2.31. The molecule has 1 aliphatic heterocycles. The van der Waals surface area contributed by atoms with Crippen molar-refractivity contribution in [1.29, 1.82) is 0 Å². The van der Waals surface area contributed by atoms with Gasteiger partial charge in [0.15, 0.2) is 5.82 Å². The quantitative estimate of drug-likeness (QED) is 0.516. The molecule has 2 heterocycles. The first-order valence-corrected chi connectivity index (χ1v) is 2.97. The summed E-state index contributed by atoms with van der Waals surface area (Å²) in [6.07, 6.45) is 1.34. The van der Waals surface area contributed by atoms with Crippen molar-refractivity contribution in [3.63, 3.8) is 0 Å². The van der Waals surface area contributed by atoms with Gasteiger partial charge in [0.1, 0.15) is 11.7 Å². The number of nitrogens with one attached hydrogen (secondary N) is 1. The molecule has 11 heavy (non-hydrogen) atoms. The second-order valence-electron chi connectivity index (χ2n) is 2.06. The van der Waals surface area contributed by atoms with Crippen LogP contribution in [0.1, 0.15) is 0 Å². The van der Waals surface area contributed by atoms with Gasteiger partial charge in [0, 0.05) is 0 Å². The van der Waals surface area contributed by atoms with Gasteiger partial charge in [0.2, 0.25) is 0 Å². The van der Waals surface area contributed by atoms with Crippen LogP contribution in [0.5, 0.6) is 0 Å². The molecule has 0 bridgehead atoms. The van der Waals surface area contributed by atoms with E-state index >= 15 is 0 Å². The van der Waals surface area contributed by atoms with Gasteiger partial charge in [0.25, 0.3) is 0 Å². The number of aromatic nitrogens is 2. The number of anilines is 1. The largest absolute Gasteiger partial charge is 0.347 e. The van der Waals surface area contributed by atoms with Gasteiger partial charge in [-0.05, 0) is 0 Å². The number of rotatable bonds is 0. The first kappa shape index (κ1) is 5.96. The summed E-state index contributed by atoms with van der Waals surface area (Å²) >= 11 is 0. The molecule has 0 atom stereocenters. The number of carbonyl (C=O) groups is 1. The molecule has 2 rings (SSSR count). The van der Waals surface area contributed by atoms with Crippen LogP contribution in [0.25, 0.3) is 6.58 Å². The Morgan fingerprint density at radius 2 is 2.27 bits per heavy atom. The van der Waals surface area contributed by atoms with Crippen molar-refractivity contribution in [2.45, 2.75) is 0 Å². The zero-order valence-corrected chi connectivity index (χ0v) is 5.53. The molecule has 0 unspecified atom stereocenters. The van der Waals surface area contributed by atoms with Crippen molar-refractivity contribution in [2.75, 3.05) is 5.32 Å². The summed E-state index contributed by atoms with van der Waals surface area (Å²) in [4.78, 5) is 21.9. The van der Waals surface area contributed by atoms with E-state index in [0.717, 1.165) is 0 Å². The molecule has 0 fully saturated rings. The standard InChI is InChI=1S/C6H4N4O/c1-3-4-5(8-2-7-3)10-6(11)9-4/h2H,1H2,(H,7,8,10,11). The third kappa shape index (κ3) is 0.778. The fraction of sp³-hybridized carbons (Fsp3) is 0. The molecule has 1 aromatic heterocycles. The summed E-state index contributed by atoms with van der Waals surface area (Å²) in [6, 6.07) is -0.412. The fourth-order valence-electron chi connectivity index (χ4n) is 0.855. The van der Waals surface area contributed by atoms with Crippen LogP contribution in [0.4, 0.5) is 10.6 Å². The van der Waals surface area contributed by atoms with Crippen LogP contribution in [0, 0.1) is 0 Å². The maximum atomic E-state index is 10.7. The van der Waals surface area contributed by atoms with E-state index in [9.17, 15) is 4.79 Å². The summed E-state index contributed by atoms with van der Waals surface area (Å²) in [5.41, 5.74) is 0. The first-order chi connectivity index (χ1) is 5.27. The lowest BCUT2D eigenvalue weighted by Gasteiger charge is -1.88. The number of nitrogens with zero attached hydrogens (tertiary/aromatic N) is 3. The van der Waals surface area contributed by atoms with Crippen LogP contribution in [-0.4, -0.2) is 16.0 Å². The van der Waals surface area contributed by atoms with Crippen molar-refractivity contribution in [2.24, 2.45) is 4.99 Å². The van der Waals surface area contributed by atoms with Gasteiger partial charge < -0.3 is 0 Å². The van der Waals surface area contributed by atoms with Crippen LogP contribution in [-0.2, 0) is 0 Å². The Balaban J connectivity index is 2.88. The van der Waals surface area contributed by atoms with Crippen LogP contribution in [0.2, 0.25) is 0 Å². The summed E-state index contributed by atoms with van der Waals surface area (Å²) in [5.74, 6) is 0.440. The van der Waals surface area contributed by atoms with Gasteiger partial charge in [0.05, 0.1) is 5.35 Å². The number of hydrogen-bond donors (Lipinski definition) is 1. The molecule has 0 aliphatic carbocycles. The average molecular weight is 148 g/mol. The Kier molecular flexibility index (Phi) is 1.00. The zero-order chi connectivity index (χ0) is 7.84. The maximum absolute atomic E-state index is 10.7. The number of carbonyl (C=O) groups excluding carboxylic acids is 1. The lowest BCUT2D eigenvalue weighted by molar-refractivity contribution is 0.260. The molecule has 1 N–H and O–H groups in total. The zero-order valence-electron chi connectivity index (χ0n) is 5.53. The smallest absolute Gasteiger partial charge is 0.288 e. The molecule has 0 aromatic carbocycles. The number of fused-ring (bicyclic) bond motifs is 1. The predicted molar refractivity (Wildman–Crippen MR) is 37.4 cm³/mol. The van der Waals surface area contributed by atoms with Gasteiger partial charge in [-0.2, -0.15) is 4.99 Å². The molecule has 54 valence electrons. The predicted octanol–water partition coefficient (Wildman–Crippen LogP) is -0.948. The normalized spacial score (nSPS) is 13.6. The Hall–Kier alpha value is -1.78. The Labute approximate surface area is 61.5 Å². The third-order valence-electron chi connectivity index (χ3n) is 1.34. The molecule has 5 heteroatoms. The molecule has 1 aromatic rings. The topological polar surface area (TPSA) is 67.2 Å². The molecule has 0 saturated carbocycles. The van der Waals surface area contributed by atoms with Crippen molar-refractivity contribution in [3.8, 4) is 0 Å². The van der Waals surface area contributed by atoms with Crippen LogP contribution < -0.4 is 16.0 Å². The van der Waals surface area contributed by atoms with E-state index in [-0.39, 0.29) is 0 Å². The van der Waals surface area contributed by atoms with E-state index in [4.69, 9.17) is 0 Å². The highest BCUT2D eigenvalue weighted by Crippen LogP contribution is 1.95. The summed E-state index contributed by atoms with van der Waals surface area (Å²) in [5, 5.41) is 3.35. The van der Waals surface area contributed by atoms with Crippen molar-refractivity contribution < 1.29 is 4.79 Å². The summed E-state index contributed by atoms with van der Waals surface area (Å²) in [6.45, 7) is 3.59. The van der Waals surface area contributed by atoms with E-state index < -0.39 is 6.03 Å². The van der Waals surface area contributed by atoms with E-state index in [1.165, 1.54) is 6.33 Å². The van der Waals surface area contributed by atoms with E-state index in [0.29, 0.717) is 16.5 Å². The molecule has 2 amide bonds. The van der Waals surface area contributed by atoms with Crippen LogP contribution >= 0.6 is 0 Å². The van der Waals surface area contributed by atoms with Gasteiger partial charge in [-0.15, -0.1) is 0 Å².